The van der Waals surface area contributed by atoms with Gasteiger partial charge in [0.05, 0.1) is 33.5 Å². The molecule has 1 heterocycles. The molecule has 0 unspecified atom stereocenters. The van der Waals surface area contributed by atoms with E-state index in [-0.39, 0.29) is 12.5 Å². The molecular weight excluding hydrogens is 458 g/mol. The molecule has 190 valence electrons. The largest absolute Gasteiger partial charge is 0.374 e. The summed E-state index contributed by atoms with van der Waals surface area (Å²) in [6.45, 7) is 1.35. The minimum absolute atomic E-state index is 0.250. The molecule has 3 aromatic carbocycles. The number of carbonyl (C=O) groups is 1. The summed E-state index contributed by atoms with van der Waals surface area (Å²) in [4.78, 5) is 18.3. The number of amides is 1. The molecule has 36 heavy (non-hydrogen) atoms. The third kappa shape index (κ3) is 7.00. The average Bonchev–Trinajstić information content (AvgIpc) is 3.28. The Morgan fingerprint density at radius 3 is 1.72 bits per heavy atom. The van der Waals surface area contributed by atoms with Gasteiger partial charge in [0.15, 0.2) is 6.10 Å². The molecule has 0 radical (unpaired) electrons. The molecule has 4 rings (SSSR count). The van der Waals surface area contributed by atoms with Gasteiger partial charge in [-0.05, 0) is 16.7 Å². The molecule has 0 aliphatic carbocycles. The van der Waals surface area contributed by atoms with Crippen molar-refractivity contribution in [3.8, 4) is 0 Å². The van der Waals surface area contributed by atoms with Gasteiger partial charge >= 0.3 is 0 Å². The molecule has 0 spiro atoms. The maximum absolute atomic E-state index is 13.2. The number of nitrogens with zero attached hydrogens (tertiary/aromatic N) is 1. The Labute approximate surface area is 212 Å². The number of ether oxygens (including phenoxy) is 4. The zero-order chi connectivity index (χ0) is 25.2. The first-order valence-corrected chi connectivity index (χ1v) is 12.1. The van der Waals surface area contributed by atoms with Crippen LogP contribution in [0.4, 0.5) is 0 Å². The topological polar surface area (TPSA) is 66.5 Å². The maximum atomic E-state index is 13.2. The van der Waals surface area contributed by atoms with E-state index in [0.29, 0.717) is 19.8 Å². The van der Waals surface area contributed by atoms with Gasteiger partial charge in [0.1, 0.15) is 18.3 Å². The van der Waals surface area contributed by atoms with Crippen molar-refractivity contribution in [3.05, 3.63) is 108 Å². The lowest BCUT2D eigenvalue weighted by atomic mass is 10.1. The van der Waals surface area contributed by atoms with Crippen LogP contribution in [0.25, 0.3) is 0 Å². The number of likely N-dealkylation sites (N-methyl/N-ethyl adjacent to an activating group) is 1. The van der Waals surface area contributed by atoms with Gasteiger partial charge in [-0.2, -0.15) is 0 Å². The summed E-state index contributed by atoms with van der Waals surface area (Å²) >= 11 is 0. The lowest BCUT2D eigenvalue weighted by molar-refractivity contribution is -0.186. The van der Waals surface area contributed by atoms with Crippen LogP contribution in [-0.4, -0.2) is 56.2 Å². The lowest BCUT2D eigenvalue weighted by Gasteiger charge is -2.26. The van der Waals surface area contributed by atoms with Crippen LogP contribution in [0.15, 0.2) is 91.0 Å². The highest BCUT2D eigenvalue weighted by Crippen LogP contribution is 2.30. The fraction of sp³-hybridized carbons (Fsp3) is 0.345. The third-order valence-electron chi connectivity index (χ3n) is 6.10. The predicted molar refractivity (Wildman–Crippen MR) is 135 cm³/mol. The number of carbonyl (C=O) groups excluding carboxylic acids is 1. The molecule has 1 fully saturated rings. The summed E-state index contributed by atoms with van der Waals surface area (Å²) in [5.74, 6) is -0.338. The van der Waals surface area contributed by atoms with Gasteiger partial charge in [-0.3, -0.25) is 9.63 Å². The Balaban J connectivity index is 1.52. The van der Waals surface area contributed by atoms with Crippen LogP contribution in [0.2, 0.25) is 0 Å². The van der Waals surface area contributed by atoms with Crippen molar-refractivity contribution in [2.24, 2.45) is 0 Å². The second-order valence-corrected chi connectivity index (χ2v) is 8.64. The van der Waals surface area contributed by atoms with Crippen molar-refractivity contribution in [1.82, 2.24) is 5.06 Å². The molecule has 0 N–H and O–H groups in total. The van der Waals surface area contributed by atoms with Gasteiger partial charge in [-0.1, -0.05) is 91.0 Å². The Morgan fingerprint density at radius 2 is 1.22 bits per heavy atom. The summed E-state index contributed by atoms with van der Waals surface area (Å²) in [5, 5.41) is 1.16. The van der Waals surface area contributed by atoms with Crippen molar-refractivity contribution in [2.45, 2.75) is 44.2 Å². The number of rotatable bonds is 12. The van der Waals surface area contributed by atoms with Gasteiger partial charge < -0.3 is 18.9 Å². The lowest BCUT2D eigenvalue weighted by Crippen LogP contribution is -2.45. The van der Waals surface area contributed by atoms with Crippen LogP contribution < -0.4 is 0 Å². The summed E-state index contributed by atoms with van der Waals surface area (Å²) in [6, 6.07) is 29.6. The molecule has 0 saturated carbocycles. The quantitative estimate of drug-likeness (QED) is 0.355. The van der Waals surface area contributed by atoms with E-state index in [1.807, 2.05) is 91.0 Å². The molecule has 1 aliphatic heterocycles. The Morgan fingerprint density at radius 1 is 0.750 bits per heavy atom. The first-order valence-electron chi connectivity index (χ1n) is 12.1. The molecule has 0 aromatic heterocycles. The number of hydrogen-bond acceptors (Lipinski definition) is 6. The Kier molecular flexibility index (Phi) is 9.61. The minimum Gasteiger partial charge on any atom is -0.374 e. The normalized spacial score (nSPS) is 21.4. The summed E-state index contributed by atoms with van der Waals surface area (Å²) in [5.41, 5.74) is 3.07. The molecule has 0 bridgehead atoms. The number of benzene rings is 3. The molecule has 4 atom stereocenters. The van der Waals surface area contributed by atoms with Crippen LogP contribution >= 0.6 is 0 Å². The van der Waals surface area contributed by atoms with Crippen LogP contribution in [-0.2, 0) is 48.4 Å². The molecule has 1 amide bonds. The first kappa shape index (κ1) is 26.0. The fourth-order valence-corrected chi connectivity index (χ4v) is 4.11. The van der Waals surface area contributed by atoms with E-state index in [1.54, 1.807) is 7.05 Å². The second kappa shape index (κ2) is 13.3. The predicted octanol–water partition coefficient (Wildman–Crippen LogP) is 4.16. The van der Waals surface area contributed by atoms with Crippen molar-refractivity contribution in [1.29, 1.82) is 0 Å². The van der Waals surface area contributed by atoms with Crippen LogP contribution in [0.1, 0.15) is 16.7 Å². The SMILES string of the molecule is CON(C)C(=O)[C@@H]1O[C@H](COCc2ccccc2)[C@@H](OCc2ccccc2)[C@H]1OCc1ccccc1. The monoisotopic (exact) mass is 491 g/mol. The minimum atomic E-state index is -0.898. The number of hydroxylamine groups is 2. The smallest absolute Gasteiger partial charge is 0.277 e. The standard InChI is InChI=1S/C29H33NO6/c1-30(32-2)29(31)28-27(35-20-24-16-10-5-11-17-24)26(34-19-23-14-8-4-9-15-23)25(36-28)21-33-18-22-12-6-3-7-13-22/h3-17,25-28H,18-21H2,1-2H3/t25-,26-,27-,28-/m1/s1. The fourth-order valence-electron chi connectivity index (χ4n) is 4.11. The summed E-state index contributed by atoms with van der Waals surface area (Å²) < 4.78 is 24.9. The van der Waals surface area contributed by atoms with E-state index in [2.05, 4.69) is 0 Å². The van der Waals surface area contributed by atoms with Crippen molar-refractivity contribution < 1.29 is 28.6 Å². The maximum Gasteiger partial charge on any atom is 0.277 e. The molecule has 7 nitrogen and oxygen atoms in total. The van der Waals surface area contributed by atoms with Gasteiger partial charge in [-0.25, -0.2) is 5.06 Å². The molecule has 1 saturated heterocycles. The molecule has 3 aromatic rings. The van der Waals surface area contributed by atoms with E-state index in [9.17, 15) is 4.79 Å². The van der Waals surface area contributed by atoms with Gasteiger partial charge in [0, 0.05) is 7.05 Å². The van der Waals surface area contributed by atoms with Crippen LogP contribution in [0.5, 0.6) is 0 Å². The highest BCUT2D eigenvalue weighted by molar-refractivity contribution is 5.81. The van der Waals surface area contributed by atoms with Gasteiger partial charge in [0.2, 0.25) is 0 Å². The van der Waals surface area contributed by atoms with Crippen molar-refractivity contribution in [2.75, 3.05) is 20.8 Å². The zero-order valence-electron chi connectivity index (χ0n) is 20.7. The third-order valence-corrected chi connectivity index (χ3v) is 6.10. The molecule has 1 aliphatic rings. The second-order valence-electron chi connectivity index (χ2n) is 8.64. The van der Waals surface area contributed by atoms with Crippen LogP contribution in [0.3, 0.4) is 0 Å². The van der Waals surface area contributed by atoms with E-state index < -0.39 is 24.4 Å². The van der Waals surface area contributed by atoms with Crippen LogP contribution in [0, 0.1) is 0 Å². The molecular formula is C29H33NO6. The van der Waals surface area contributed by atoms with Gasteiger partial charge in [-0.15, -0.1) is 0 Å². The van der Waals surface area contributed by atoms with E-state index in [0.717, 1.165) is 21.8 Å². The first-order chi connectivity index (χ1) is 17.7. The van der Waals surface area contributed by atoms with E-state index in [4.69, 9.17) is 23.8 Å². The average molecular weight is 492 g/mol. The highest BCUT2D eigenvalue weighted by atomic mass is 16.7. The summed E-state index contributed by atoms with van der Waals surface area (Å²) in [6.07, 6.45) is -2.57. The van der Waals surface area contributed by atoms with Crippen molar-refractivity contribution in [3.63, 3.8) is 0 Å². The van der Waals surface area contributed by atoms with Gasteiger partial charge in [0.25, 0.3) is 5.91 Å². The number of hydrogen-bond donors (Lipinski definition) is 0. The molecule has 7 heteroatoms. The Bertz CT molecular complexity index is 1050. The highest BCUT2D eigenvalue weighted by Gasteiger charge is 2.50. The van der Waals surface area contributed by atoms with Crippen molar-refractivity contribution >= 4 is 5.91 Å². The zero-order valence-corrected chi connectivity index (χ0v) is 20.7. The van der Waals surface area contributed by atoms with E-state index >= 15 is 0 Å². The summed E-state index contributed by atoms with van der Waals surface area (Å²) in [7, 11) is 3.00. The van der Waals surface area contributed by atoms with E-state index in [1.165, 1.54) is 7.11 Å². The Hall–Kier alpha value is -3.07.